The quantitative estimate of drug-likeness (QED) is 0.511. The molecule has 0 spiro atoms. The standard InChI is InChI=1S/C15H15N3O3/c16-17-12-7-13(18(19)20)9-15(8-12)21-14-5-4-10-2-1-3-11(10)6-14/h4-9,17H,1-3,16H2. The van der Waals surface area contributed by atoms with Crippen molar-refractivity contribution in [1.29, 1.82) is 0 Å². The summed E-state index contributed by atoms with van der Waals surface area (Å²) in [5, 5.41) is 10.9. The zero-order chi connectivity index (χ0) is 14.8. The lowest BCUT2D eigenvalue weighted by Gasteiger charge is -2.09. The number of non-ortho nitro benzene ring substituents is 1. The largest absolute Gasteiger partial charge is 0.457 e. The van der Waals surface area contributed by atoms with Crippen molar-refractivity contribution in [1.82, 2.24) is 0 Å². The van der Waals surface area contributed by atoms with Crippen LogP contribution in [0.15, 0.2) is 36.4 Å². The molecule has 0 bridgehead atoms. The molecule has 0 amide bonds. The van der Waals surface area contributed by atoms with Crippen LogP contribution in [0.2, 0.25) is 0 Å². The Morgan fingerprint density at radius 2 is 1.90 bits per heavy atom. The number of hydrogen-bond acceptors (Lipinski definition) is 5. The molecule has 0 saturated carbocycles. The summed E-state index contributed by atoms with van der Waals surface area (Å²) in [5.74, 6) is 6.39. The highest BCUT2D eigenvalue weighted by molar-refractivity contribution is 5.56. The van der Waals surface area contributed by atoms with Crippen LogP contribution in [-0.2, 0) is 12.8 Å². The van der Waals surface area contributed by atoms with Gasteiger partial charge in [0.05, 0.1) is 16.7 Å². The van der Waals surface area contributed by atoms with Crippen LogP contribution in [0.1, 0.15) is 17.5 Å². The SMILES string of the molecule is NNc1cc(Oc2ccc3c(c2)CCC3)cc([N+](=O)[O-])c1. The number of hydrogen-bond donors (Lipinski definition) is 2. The van der Waals surface area contributed by atoms with Gasteiger partial charge in [0, 0.05) is 12.1 Å². The second-order valence-electron chi connectivity index (χ2n) is 5.00. The number of nitrogens with two attached hydrogens (primary N) is 1. The minimum absolute atomic E-state index is 0.0680. The molecule has 3 N–H and O–H groups in total. The molecule has 6 heteroatoms. The Kier molecular flexibility index (Phi) is 3.45. The molecule has 2 aromatic rings. The minimum atomic E-state index is -0.476. The average Bonchev–Trinajstić information content (AvgIpc) is 2.94. The maximum atomic E-state index is 10.9. The van der Waals surface area contributed by atoms with Crippen LogP contribution in [0, 0.1) is 10.1 Å². The lowest BCUT2D eigenvalue weighted by atomic mass is 10.1. The van der Waals surface area contributed by atoms with Crippen molar-refractivity contribution in [3.05, 3.63) is 57.6 Å². The van der Waals surface area contributed by atoms with E-state index in [2.05, 4.69) is 11.5 Å². The normalized spacial score (nSPS) is 12.8. The van der Waals surface area contributed by atoms with Gasteiger partial charge in [0.25, 0.3) is 5.69 Å². The van der Waals surface area contributed by atoms with Crippen molar-refractivity contribution in [3.8, 4) is 11.5 Å². The maximum Gasteiger partial charge on any atom is 0.275 e. The second kappa shape index (κ2) is 5.41. The van der Waals surface area contributed by atoms with Gasteiger partial charge in [0.1, 0.15) is 11.5 Å². The molecule has 21 heavy (non-hydrogen) atoms. The molecule has 0 aliphatic heterocycles. The topological polar surface area (TPSA) is 90.4 Å². The molecule has 0 heterocycles. The van der Waals surface area contributed by atoms with E-state index in [1.54, 1.807) is 6.07 Å². The molecule has 6 nitrogen and oxygen atoms in total. The van der Waals surface area contributed by atoms with Crippen molar-refractivity contribution in [2.45, 2.75) is 19.3 Å². The third-order valence-electron chi connectivity index (χ3n) is 3.57. The monoisotopic (exact) mass is 285 g/mol. The van der Waals surface area contributed by atoms with E-state index >= 15 is 0 Å². The summed E-state index contributed by atoms with van der Waals surface area (Å²) in [5.41, 5.74) is 5.41. The first-order valence-electron chi connectivity index (χ1n) is 6.71. The zero-order valence-corrected chi connectivity index (χ0v) is 11.3. The van der Waals surface area contributed by atoms with E-state index in [1.165, 1.54) is 23.3 Å². The molecule has 0 radical (unpaired) electrons. The number of nitrogens with one attached hydrogen (secondary N) is 1. The molecule has 108 valence electrons. The number of fused-ring (bicyclic) bond motifs is 1. The third-order valence-corrected chi connectivity index (χ3v) is 3.57. The van der Waals surface area contributed by atoms with Gasteiger partial charge in [-0.2, -0.15) is 0 Å². The molecule has 2 aromatic carbocycles. The van der Waals surface area contributed by atoms with Crippen molar-refractivity contribution in [2.75, 3.05) is 5.43 Å². The lowest BCUT2D eigenvalue weighted by Crippen LogP contribution is -2.07. The minimum Gasteiger partial charge on any atom is -0.457 e. The van der Waals surface area contributed by atoms with Gasteiger partial charge in [-0.15, -0.1) is 0 Å². The predicted octanol–water partition coefficient (Wildman–Crippen LogP) is 3.16. The molecule has 0 atom stereocenters. The summed E-state index contributed by atoms with van der Waals surface area (Å²) >= 11 is 0. The van der Waals surface area contributed by atoms with Gasteiger partial charge >= 0.3 is 0 Å². The van der Waals surface area contributed by atoms with E-state index in [1.807, 2.05) is 12.1 Å². The van der Waals surface area contributed by atoms with E-state index in [0.29, 0.717) is 17.2 Å². The summed E-state index contributed by atoms with van der Waals surface area (Å²) in [6.07, 6.45) is 3.32. The van der Waals surface area contributed by atoms with E-state index in [4.69, 9.17) is 10.6 Å². The van der Waals surface area contributed by atoms with Crippen LogP contribution in [0.5, 0.6) is 11.5 Å². The number of anilines is 1. The number of nitrogens with zero attached hydrogens (tertiary/aromatic N) is 1. The maximum absolute atomic E-state index is 10.9. The van der Waals surface area contributed by atoms with Gasteiger partial charge in [-0.05, 0) is 42.5 Å². The Balaban J connectivity index is 1.90. The van der Waals surface area contributed by atoms with E-state index in [-0.39, 0.29) is 5.69 Å². The van der Waals surface area contributed by atoms with Crippen molar-refractivity contribution in [3.63, 3.8) is 0 Å². The average molecular weight is 285 g/mol. The summed E-state index contributed by atoms with van der Waals surface area (Å²) in [6, 6.07) is 10.3. The molecular formula is C15H15N3O3. The van der Waals surface area contributed by atoms with Crippen LogP contribution >= 0.6 is 0 Å². The molecule has 0 aromatic heterocycles. The zero-order valence-electron chi connectivity index (χ0n) is 11.3. The van der Waals surface area contributed by atoms with Gasteiger partial charge in [-0.1, -0.05) is 6.07 Å². The first-order valence-corrected chi connectivity index (χ1v) is 6.71. The fourth-order valence-corrected chi connectivity index (χ4v) is 2.58. The van der Waals surface area contributed by atoms with E-state index in [9.17, 15) is 10.1 Å². The van der Waals surface area contributed by atoms with Crippen molar-refractivity contribution < 1.29 is 9.66 Å². The Morgan fingerprint density at radius 1 is 1.10 bits per heavy atom. The highest BCUT2D eigenvalue weighted by Crippen LogP contribution is 2.32. The smallest absolute Gasteiger partial charge is 0.275 e. The molecule has 1 aliphatic rings. The van der Waals surface area contributed by atoms with Crippen LogP contribution in [0.3, 0.4) is 0 Å². The van der Waals surface area contributed by atoms with E-state index in [0.717, 1.165) is 19.3 Å². The molecule has 0 saturated heterocycles. The van der Waals surface area contributed by atoms with Crippen LogP contribution in [0.25, 0.3) is 0 Å². The Morgan fingerprint density at radius 3 is 2.67 bits per heavy atom. The summed E-state index contributed by atoms with van der Waals surface area (Å²) in [7, 11) is 0. The number of nitrogen functional groups attached to an aromatic ring is 1. The fourth-order valence-electron chi connectivity index (χ4n) is 2.58. The summed E-state index contributed by atoms with van der Waals surface area (Å²) < 4.78 is 5.74. The number of nitro groups is 1. The molecule has 3 rings (SSSR count). The lowest BCUT2D eigenvalue weighted by molar-refractivity contribution is -0.384. The fraction of sp³-hybridized carbons (Fsp3) is 0.200. The number of nitro benzene ring substituents is 1. The van der Waals surface area contributed by atoms with Crippen molar-refractivity contribution >= 4 is 11.4 Å². The first-order chi connectivity index (χ1) is 10.2. The second-order valence-corrected chi connectivity index (χ2v) is 5.00. The Hall–Kier alpha value is -2.60. The number of hydrazine groups is 1. The van der Waals surface area contributed by atoms with Gasteiger partial charge in [-0.3, -0.25) is 16.0 Å². The number of rotatable bonds is 4. The van der Waals surface area contributed by atoms with Gasteiger partial charge < -0.3 is 10.2 Å². The Labute approximate surface area is 121 Å². The van der Waals surface area contributed by atoms with E-state index < -0.39 is 4.92 Å². The predicted molar refractivity (Wildman–Crippen MR) is 79.4 cm³/mol. The Bertz CT molecular complexity index is 701. The van der Waals surface area contributed by atoms with Crippen LogP contribution in [-0.4, -0.2) is 4.92 Å². The molecular weight excluding hydrogens is 270 g/mol. The van der Waals surface area contributed by atoms with Crippen LogP contribution in [0.4, 0.5) is 11.4 Å². The third kappa shape index (κ3) is 2.80. The van der Waals surface area contributed by atoms with Gasteiger partial charge in [0.2, 0.25) is 0 Å². The first kappa shape index (κ1) is 13.4. The van der Waals surface area contributed by atoms with Crippen molar-refractivity contribution in [2.24, 2.45) is 5.84 Å². The molecule has 1 aliphatic carbocycles. The van der Waals surface area contributed by atoms with Gasteiger partial charge in [0.15, 0.2) is 0 Å². The highest BCUT2D eigenvalue weighted by Gasteiger charge is 2.14. The van der Waals surface area contributed by atoms with Crippen LogP contribution < -0.4 is 16.0 Å². The molecule has 0 unspecified atom stereocenters. The highest BCUT2D eigenvalue weighted by atomic mass is 16.6. The molecule has 0 fully saturated rings. The summed E-state index contributed by atoms with van der Waals surface area (Å²) in [4.78, 5) is 10.4. The van der Waals surface area contributed by atoms with Gasteiger partial charge in [-0.25, -0.2) is 0 Å². The number of ether oxygens (including phenoxy) is 1. The number of aryl methyl sites for hydroxylation is 2. The summed E-state index contributed by atoms with van der Waals surface area (Å²) in [6.45, 7) is 0. The number of benzene rings is 2.